The molecule has 0 radical (unpaired) electrons. The zero-order valence-corrected chi connectivity index (χ0v) is 13.7. The van der Waals surface area contributed by atoms with Crippen molar-refractivity contribution in [3.05, 3.63) is 71.3 Å². The molecule has 1 N–H and O–H groups in total. The topological polar surface area (TPSA) is 12.0 Å². The molecule has 0 aliphatic heterocycles. The van der Waals surface area contributed by atoms with E-state index in [1.54, 1.807) is 0 Å². The third-order valence-electron chi connectivity index (χ3n) is 3.99. The van der Waals surface area contributed by atoms with Gasteiger partial charge in [-0.3, -0.25) is 0 Å². The van der Waals surface area contributed by atoms with E-state index in [-0.39, 0.29) is 5.41 Å². The maximum atomic E-state index is 3.77. The van der Waals surface area contributed by atoms with Crippen molar-refractivity contribution in [2.45, 2.75) is 46.7 Å². The largest absolute Gasteiger partial charge is 0.305 e. The highest BCUT2D eigenvalue weighted by molar-refractivity contribution is 5.28. The monoisotopic (exact) mass is 281 g/mol. The summed E-state index contributed by atoms with van der Waals surface area (Å²) in [6.07, 6.45) is 1.09. The average Bonchev–Trinajstić information content (AvgIpc) is 2.47. The van der Waals surface area contributed by atoms with Gasteiger partial charge in [-0.25, -0.2) is 0 Å². The molecule has 0 aliphatic rings. The van der Waals surface area contributed by atoms with E-state index in [1.165, 1.54) is 16.7 Å². The smallest absolute Gasteiger partial charge is 0.0372 e. The Bertz CT molecular complexity index is 552. The van der Waals surface area contributed by atoms with E-state index in [4.69, 9.17) is 0 Å². The molecule has 0 bridgehead atoms. The third kappa shape index (κ3) is 4.18. The summed E-state index contributed by atoms with van der Waals surface area (Å²) in [5.74, 6) is 0. The summed E-state index contributed by atoms with van der Waals surface area (Å²) in [5.41, 5.74) is 4.39. The van der Waals surface area contributed by atoms with Gasteiger partial charge in [0.05, 0.1) is 0 Å². The van der Waals surface area contributed by atoms with Crippen molar-refractivity contribution in [2.75, 3.05) is 0 Å². The Kier molecular flexibility index (Phi) is 5.19. The number of hydrogen-bond donors (Lipinski definition) is 1. The molecule has 0 fully saturated rings. The van der Waals surface area contributed by atoms with Crippen LogP contribution in [0.2, 0.25) is 0 Å². The number of hydrogen-bond acceptors (Lipinski definition) is 1. The summed E-state index contributed by atoms with van der Waals surface area (Å²) in [6, 6.07) is 19.8. The third-order valence-corrected chi connectivity index (χ3v) is 3.99. The van der Waals surface area contributed by atoms with E-state index in [2.05, 4.69) is 87.6 Å². The van der Waals surface area contributed by atoms with Gasteiger partial charge >= 0.3 is 0 Å². The Hall–Kier alpha value is -1.60. The van der Waals surface area contributed by atoms with Gasteiger partial charge in [0.2, 0.25) is 0 Å². The van der Waals surface area contributed by atoms with Crippen LogP contribution in [-0.2, 0) is 13.0 Å². The Morgan fingerprint density at radius 2 is 1.43 bits per heavy atom. The van der Waals surface area contributed by atoms with E-state index in [0.29, 0.717) is 6.04 Å². The first-order valence-corrected chi connectivity index (χ1v) is 7.87. The molecule has 0 amide bonds. The summed E-state index contributed by atoms with van der Waals surface area (Å²) in [6.45, 7) is 10.0. The highest BCUT2D eigenvalue weighted by atomic mass is 14.9. The molecule has 21 heavy (non-hydrogen) atoms. The first-order chi connectivity index (χ1) is 10.0. The van der Waals surface area contributed by atoms with Crippen LogP contribution in [-0.4, -0.2) is 0 Å². The lowest BCUT2D eigenvalue weighted by Gasteiger charge is -2.32. The molecule has 1 atom stereocenters. The van der Waals surface area contributed by atoms with Gasteiger partial charge in [0.15, 0.2) is 0 Å². The summed E-state index contributed by atoms with van der Waals surface area (Å²) in [7, 11) is 0. The second kappa shape index (κ2) is 6.91. The van der Waals surface area contributed by atoms with Crippen LogP contribution in [0.25, 0.3) is 0 Å². The van der Waals surface area contributed by atoms with Gasteiger partial charge in [0.1, 0.15) is 0 Å². The van der Waals surface area contributed by atoms with E-state index in [9.17, 15) is 0 Å². The van der Waals surface area contributed by atoms with Crippen LogP contribution in [0.1, 0.15) is 50.4 Å². The molecular formula is C20H27N. The summed E-state index contributed by atoms with van der Waals surface area (Å²) in [5, 5.41) is 3.77. The fourth-order valence-electron chi connectivity index (χ4n) is 2.86. The lowest BCUT2D eigenvalue weighted by Crippen LogP contribution is -2.32. The molecule has 0 saturated heterocycles. The van der Waals surface area contributed by atoms with Crippen LogP contribution in [0.3, 0.4) is 0 Å². The molecule has 1 unspecified atom stereocenters. The molecule has 0 heterocycles. The van der Waals surface area contributed by atoms with Crippen LogP contribution in [0.4, 0.5) is 0 Å². The number of aryl methyl sites for hydroxylation is 1. The molecule has 2 aromatic carbocycles. The van der Waals surface area contributed by atoms with Gasteiger partial charge < -0.3 is 5.32 Å². The fraction of sp³-hybridized carbons (Fsp3) is 0.400. The zero-order chi connectivity index (χ0) is 15.3. The predicted octanol–water partition coefficient (Wildman–Crippen LogP) is 5.13. The van der Waals surface area contributed by atoms with Crippen LogP contribution in [0, 0.1) is 5.41 Å². The quantitative estimate of drug-likeness (QED) is 0.801. The minimum Gasteiger partial charge on any atom is -0.305 e. The molecule has 0 aliphatic carbocycles. The van der Waals surface area contributed by atoms with E-state index < -0.39 is 0 Å². The molecule has 1 heteroatoms. The standard InChI is InChI=1S/C20H27N/c1-5-16-11-9-10-14-18(16)15-21-19(20(2,3)4)17-12-7-6-8-13-17/h6-14,19,21H,5,15H2,1-4H3. The van der Waals surface area contributed by atoms with Gasteiger partial charge in [-0.1, -0.05) is 82.3 Å². The van der Waals surface area contributed by atoms with Crippen LogP contribution < -0.4 is 5.32 Å². The highest BCUT2D eigenvalue weighted by Crippen LogP contribution is 2.33. The Morgan fingerprint density at radius 1 is 0.857 bits per heavy atom. The summed E-state index contributed by atoms with van der Waals surface area (Å²) < 4.78 is 0. The second-order valence-corrected chi connectivity index (χ2v) is 6.71. The molecule has 0 aromatic heterocycles. The Morgan fingerprint density at radius 3 is 2.00 bits per heavy atom. The lowest BCUT2D eigenvalue weighted by molar-refractivity contribution is 0.271. The Labute approximate surface area is 129 Å². The SMILES string of the molecule is CCc1ccccc1CNC(c1ccccc1)C(C)(C)C. The van der Waals surface area contributed by atoms with E-state index >= 15 is 0 Å². The van der Waals surface area contributed by atoms with Gasteiger partial charge in [0, 0.05) is 12.6 Å². The van der Waals surface area contributed by atoms with Crippen molar-refractivity contribution in [3.8, 4) is 0 Å². The van der Waals surface area contributed by atoms with Gasteiger partial charge in [-0.15, -0.1) is 0 Å². The number of nitrogens with one attached hydrogen (secondary N) is 1. The zero-order valence-electron chi connectivity index (χ0n) is 13.7. The van der Waals surface area contributed by atoms with Crippen LogP contribution in [0.15, 0.2) is 54.6 Å². The summed E-state index contributed by atoms with van der Waals surface area (Å²) >= 11 is 0. The molecule has 2 rings (SSSR count). The van der Waals surface area contributed by atoms with Crippen molar-refractivity contribution in [1.29, 1.82) is 0 Å². The number of benzene rings is 2. The van der Waals surface area contributed by atoms with Gasteiger partial charge in [-0.05, 0) is 28.5 Å². The average molecular weight is 281 g/mol. The Balaban J connectivity index is 2.17. The lowest BCUT2D eigenvalue weighted by atomic mass is 9.82. The molecule has 112 valence electrons. The van der Waals surface area contributed by atoms with E-state index in [0.717, 1.165) is 13.0 Å². The summed E-state index contributed by atoms with van der Waals surface area (Å²) in [4.78, 5) is 0. The molecule has 0 saturated carbocycles. The van der Waals surface area contributed by atoms with Gasteiger partial charge in [-0.2, -0.15) is 0 Å². The highest BCUT2D eigenvalue weighted by Gasteiger charge is 2.25. The molecule has 2 aromatic rings. The number of rotatable bonds is 5. The van der Waals surface area contributed by atoms with Crippen molar-refractivity contribution in [3.63, 3.8) is 0 Å². The molecule has 0 spiro atoms. The first kappa shape index (κ1) is 15.8. The van der Waals surface area contributed by atoms with Crippen LogP contribution in [0.5, 0.6) is 0 Å². The maximum Gasteiger partial charge on any atom is 0.0372 e. The normalized spacial score (nSPS) is 13.1. The van der Waals surface area contributed by atoms with Gasteiger partial charge in [0.25, 0.3) is 0 Å². The van der Waals surface area contributed by atoms with Crippen LogP contribution >= 0.6 is 0 Å². The minimum atomic E-state index is 0.183. The molecular weight excluding hydrogens is 254 g/mol. The predicted molar refractivity (Wildman–Crippen MR) is 91.3 cm³/mol. The van der Waals surface area contributed by atoms with Crippen molar-refractivity contribution >= 4 is 0 Å². The second-order valence-electron chi connectivity index (χ2n) is 6.71. The van der Waals surface area contributed by atoms with Crippen molar-refractivity contribution in [2.24, 2.45) is 5.41 Å². The minimum absolute atomic E-state index is 0.183. The fourth-order valence-corrected chi connectivity index (χ4v) is 2.86. The first-order valence-electron chi connectivity index (χ1n) is 7.87. The maximum absolute atomic E-state index is 3.77. The van der Waals surface area contributed by atoms with Crippen molar-refractivity contribution < 1.29 is 0 Å². The van der Waals surface area contributed by atoms with E-state index in [1.807, 2.05) is 0 Å². The van der Waals surface area contributed by atoms with Crippen molar-refractivity contribution in [1.82, 2.24) is 5.32 Å². The molecule has 1 nitrogen and oxygen atoms in total.